The van der Waals surface area contributed by atoms with Gasteiger partial charge in [0.15, 0.2) is 11.6 Å². The maximum atomic E-state index is 11.9. The Bertz CT molecular complexity index is 549. The van der Waals surface area contributed by atoms with Gasteiger partial charge in [-0.15, -0.1) is 0 Å². The van der Waals surface area contributed by atoms with Crippen LogP contribution in [0.5, 0.6) is 0 Å². The van der Waals surface area contributed by atoms with E-state index in [4.69, 9.17) is 9.47 Å². The monoisotopic (exact) mass is 318 g/mol. The SMILES string of the molecule is O[C@]12O[C@@]34CCCC[C@H]3C[C@]13CCC[C@@H]2C[C@H]1CCCC[C@@]13O4. The van der Waals surface area contributed by atoms with E-state index >= 15 is 0 Å². The first-order chi connectivity index (χ1) is 11.1. The molecule has 1 N–H and O–H groups in total. The second-order valence-electron chi connectivity index (χ2n) is 9.60. The molecule has 0 aromatic rings. The molecule has 7 aliphatic rings. The quantitative estimate of drug-likeness (QED) is 0.730. The minimum atomic E-state index is -0.884. The molecule has 0 radical (unpaired) electrons. The lowest BCUT2D eigenvalue weighted by Gasteiger charge is -2.79. The molecule has 3 saturated heterocycles. The van der Waals surface area contributed by atoms with E-state index in [1.165, 1.54) is 57.8 Å². The molecule has 4 aliphatic carbocycles. The lowest BCUT2D eigenvalue weighted by molar-refractivity contribution is -0.565. The summed E-state index contributed by atoms with van der Waals surface area (Å²) in [6.45, 7) is 0. The first kappa shape index (κ1) is 14.1. The molecule has 0 aromatic carbocycles. The molecular weight excluding hydrogens is 288 g/mol. The summed E-state index contributed by atoms with van der Waals surface area (Å²) < 4.78 is 13.8. The third kappa shape index (κ3) is 1.36. The fourth-order valence-electron chi connectivity index (χ4n) is 8.27. The van der Waals surface area contributed by atoms with Crippen LogP contribution in [-0.2, 0) is 9.47 Å². The minimum absolute atomic E-state index is 0.0665. The second kappa shape index (κ2) is 4.16. The van der Waals surface area contributed by atoms with Crippen molar-refractivity contribution >= 4 is 0 Å². The summed E-state index contributed by atoms with van der Waals surface area (Å²) >= 11 is 0. The van der Waals surface area contributed by atoms with Crippen molar-refractivity contribution in [1.29, 1.82) is 0 Å². The number of rotatable bonds is 0. The Kier molecular flexibility index (Phi) is 2.55. The van der Waals surface area contributed by atoms with Crippen molar-refractivity contribution in [3.8, 4) is 0 Å². The highest BCUT2D eigenvalue weighted by Gasteiger charge is 2.82. The van der Waals surface area contributed by atoms with Crippen molar-refractivity contribution in [2.24, 2.45) is 23.2 Å². The van der Waals surface area contributed by atoms with Gasteiger partial charge in [0.2, 0.25) is 0 Å². The Hall–Kier alpha value is -0.120. The molecule has 3 heteroatoms. The van der Waals surface area contributed by atoms with Crippen LogP contribution in [0.1, 0.15) is 83.5 Å². The van der Waals surface area contributed by atoms with Crippen molar-refractivity contribution in [1.82, 2.24) is 0 Å². The molecule has 0 unspecified atom stereocenters. The molecule has 3 heterocycles. The standard InChI is InChI=1S/C20H30O3/c21-20-15-8-5-9-17(20)13-16-7-2-4-11-19(16,23-20)22-18(17)10-3-1-6-14(18)12-15/h14-16,21H,1-13H2/t14-,15-,16+,17+,18-,19+,20-/m1/s1. The third-order valence-corrected chi connectivity index (χ3v) is 9.01. The van der Waals surface area contributed by atoms with Crippen LogP contribution in [-0.4, -0.2) is 22.3 Å². The van der Waals surface area contributed by atoms with Crippen LogP contribution in [0.2, 0.25) is 0 Å². The van der Waals surface area contributed by atoms with Crippen LogP contribution in [0.15, 0.2) is 0 Å². The molecule has 128 valence electrons. The van der Waals surface area contributed by atoms with Gasteiger partial charge in [0.05, 0.1) is 11.0 Å². The predicted octanol–water partition coefficient (Wildman–Crippen LogP) is 4.13. The summed E-state index contributed by atoms with van der Waals surface area (Å²) in [5, 5.41) is 11.9. The largest absolute Gasteiger partial charge is 0.365 e. The van der Waals surface area contributed by atoms with Crippen LogP contribution >= 0.6 is 0 Å². The zero-order chi connectivity index (χ0) is 15.3. The van der Waals surface area contributed by atoms with Crippen LogP contribution in [0, 0.1) is 23.2 Å². The zero-order valence-corrected chi connectivity index (χ0v) is 14.2. The lowest BCUT2D eigenvalue weighted by atomic mass is 9.40. The zero-order valence-electron chi connectivity index (χ0n) is 14.2. The fraction of sp³-hybridized carbons (Fsp3) is 1.00. The highest BCUT2D eigenvalue weighted by Crippen LogP contribution is 2.77. The Morgan fingerprint density at radius 1 is 0.739 bits per heavy atom. The number of aliphatic hydroxyl groups is 1. The van der Waals surface area contributed by atoms with E-state index in [1.807, 2.05) is 0 Å². The summed E-state index contributed by atoms with van der Waals surface area (Å²) in [5.74, 6) is 0.231. The molecule has 7 fully saturated rings. The van der Waals surface area contributed by atoms with Gasteiger partial charge in [-0.1, -0.05) is 25.7 Å². The Morgan fingerprint density at radius 2 is 1.52 bits per heavy atom. The van der Waals surface area contributed by atoms with Crippen molar-refractivity contribution in [3.63, 3.8) is 0 Å². The molecule has 7 atom stereocenters. The number of hydrogen-bond donors (Lipinski definition) is 1. The van der Waals surface area contributed by atoms with Crippen LogP contribution in [0.3, 0.4) is 0 Å². The molecule has 0 amide bonds. The van der Waals surface area contributed by atoms with Gasteiger partial charge in [-0.05, 0) is 57.3 Å². The van der Waals surface area contributed by atoms with E-state index in [2.05, 4.69) is 0 Å². The van der Waals surface area contributed by atoms with Crippen LogP contribution in [0.25, 0.3) is 0 Å². The van der Waals surface area contributed by atoms with Gasteiger partial charge < -0.3 is 14.6 Å². The van der Waals surface area contributed by atoms with Gasteiger partial charge in [-0.3, -0.25) is 0 Å². The maximum Gasteiger partial charge on any atom is 0.180 e. The van der Waals surface area contributed by atoms with Gasteiger partial charge in [-0.25, -0.2) is 0 Å². The van der Waals surface area contributed by atoms with Crippen molar-refractivity contribution in [2.75, 3.05) is 0 Å². The van der Waals surface area contributed by atoms with E-state index in [1.54, 1.807) is 0 Å². The predicted molar refractivity (Wildman–Crippen MR) is 85.5 cm³/mol. The van der Waals surface area contributed by atoms with E-state index in [9.17, 15) is 5.11 Å². The first-order valence-electron chi connectivity index (χ1n) is 10.3. The third-order valence-electron chi connectivity index (χ3n) is 9.01. The lowest BCUT2D eigenvalue weighted by Crippen LogP contribution is -2.85. The molecule has 23 heavy (non-hydrogen) atoms. The summed E-state index contributed by atoms with van der Waals surface area (Å²) in [5.41, 5.74) is -0.168. The van der Waals surface area contributed by atoms with E-state index in [0.717, 1.165) is 25.7 Å². The number of hydrogen-bond acceptors (Lipinski definition) is 3. The van der Waals surface area contributed by atoms with E-state index in [0.29, 0.717) is 17.8 Å². The Labute approximate surface area is 139 Å². The normalized spacial score (nSPS) is 63.3. The van der Waals surface area contributed by atoms with E-state index < -0.39 is 11.6 Å². The van der Waals surface area contributed by atoms with Crippen molar-refractivity contribution in [2.45, 2.75) is 101 Å². The highest BCUT2D eigenvalue weighted by molar-refractivity contribution is 5.25. The molecular formula is C20H30O3. The fourth-order valence-corrected chi connectivity index (χ4v) is 8.27. The smallest absolute Gasteiger partial charge is 0.180 e. The van der Waals surface area contributed by atoms with Gasteiger partial charge in [0.1, 0.15) is 0 Å². The van der Waals surface area contributed by atoms with Gasteiger partial charge in [-0.2, -0.15) is 0 Å². The number of ether oxygens (including phenoxy) is 2. The molecule has 7 rings (SSSR count). The molecule has 0 aromatic heterocycles. The van der Waals surface area contributed by atoms with Crippen LogP contribution in [0.4, 0.5) is 0 Å². The molecule has 5 bridgehead atoms. The minimum Gasteiger partial charge on any atom is -0.365 e. The first-order valence-corrected chi connectivity index (χ1v) is 10.3. The molecule has 4 saturated carbocycles. The maximum absolute atomic E-state index is 11.9. The topological polar surface area (TPSA) is 38.7 Å². The second-order valence-corrected chi connectivity index (χ2v) is 9.60. The average molecular weight is 318 g/mol. The average Bonchev–Trinajstić information content (AvgIpc) is 2.52. The van der Waals surface area contributed by atoms with Gasteiger partial charge in [0, 0.05) is 18.3 Å². The Morgan fingerprint density at radius 3 is 2.43 bits per heavy atom. The van der Waals surface area contributed by atoms with Gasteiger partial charge >= 0.3 is 0 Å². The summed E-state index contributed by atoms with van der Waals surface area (Å²) in [6.07, 6.45) is 15.7. The molecule has 3 spiro atoms. The van der Waals surface area contributed by atoms with Crippen molar-refractivity contribution in [3.05, 3.63) is 0 Å². The summed E-state index contributed by atoms with van der Waals surface area (Å²) in [4.78, 5) is 0. The van der Waals surface area contributed by atoms with Gasteiger partial charge in [0.25, 0.3) is 0 Å². The van der Waals surface area contributed by atoms with Crippen LogP contribution < -0.4 is 0 Å². The Balaban J connectivity index is 1.58. The summed E-state index contributed by atoms with van der Waals surface area (Å²) in [6, 6.07) is 0. The summed E-state index contributed by atoms with van der Waals surface area (Å²) in [7, 11) is 0. The van der Waals surface area contributed by atoms with E-state index in [-0.39, 0.29) is 11.0 Å². The van der Waals surface area contributed by atoms with Crippen molar-refractivity contribution < 1.29 is 14.6 Å². The highest BCUT2D eigenvalue weighted by atomic mass is 16.8. The molecule has 3 aliphatic heterocycles. The molecule has 3 nitrogen and oxygen atoms in total.